The Morgan fingerprint density at radius 3 is 2.60 bits per heavy atom. The van der Waals surface area contributed by atoms with E-state index >= 15 is 0 Å². The molecule has 10 heavy (non-hydrogen) atoms. The molecule has 0 spiro atoms. The molecule has 0 rings (SSSR count). The van der Waals surface area contributed by atoms with Crippen LogP contribution in [0.4, 0.5) is 0 Å². The van der Waals surface area contributed by atoms with Crippen molar-refractivity contribution in [3.63, 3.8) is 0 Å². The fraction of sp³-hybridized carbons (Fsp3) is 0.500. The summed E-state index contributed by atoms with van der Waals surface area (Å²) in [6, 6.07) is 0. The standard InChI is InChI=1S/C4H8N2O2S2/c1-2-9-10-6-4(8)3(5)7/h2H2,1H3,(H2,5,7)(H,6,8). The second-order valence-corrected chi connectivity index (χ2v) is 3.68. The fourth-order valence-electron chi connectivity index (χ4n) is 0.177. The van der Waals surface area contributed by atoms with Crippen LogP contribution in [0.15, 0.2) is 0 Å². The van der Waals surface area contributed by atoms with Crippen LogP contribution in [-0.4, -0.2) is 17.6 Å². The lowest BCUT2D eigenvalue weighted by Gasteiger charge is -1.96. The second kappa shape index (κ2) is 5.43. The molecule has 0 radical (unpaired) electrons. The van der Waals surface area contributed by atoms with Crippen molar-refractivity contribution >= 4 is 33.6 Å². The summed E-state index contributed by atoms with van der Waals surface area (Å²) < 4.78 is 2.25. The van der Waals surface area contributed by atoms with Gasteiger partial charge in [-0.25, -0.2) is 0 Å². The van der Waals surface area contributed by atoms with Gasteiger partial charge >= 0.3 is 11.8 Å². The minimum Gasteiger partial charge on any atom is -0.361 e. The Morgan fingerprint density at radius 2 is 2.20 bits per heavy atom. The molecule has 0 fully saturated rings. The SMILES string of the molecule is CCSSNC(=O)C(N)=O. The van der Waals surface area contributed by atoms with Crippen LogP contribution < -0.4 is 10.5 Å². The van der Waals surface area contributed by atoms with Crippen molar-refractivity contribution < 1.29 is 9.59 Å². The van der Waals surface area contributed by atoms with E-state index in [1.54, 1.807) is 0 Å². The quantitative estimate of drug-likeness (QED) is 0.275. The van der Waals surface area contributed by atoms with Crippen LogP contribution in [0.1, 0.15) is 6.92 Å². The normalized spacial score (nSPS) is 8.90. The van der Waals surface area contributed by atoms with Crippen molar-refractivity contribution in [3.05, 3.63) is 0 Å². The van der Waals surface area contributed by atoms with Gasteiger partial charge in [0.1, 0.15) is 0 Å². The van der Waals surface area contributed by atoms with E-state index in [9.17, 15) is 9.59 Å². The van der Waals surface area contributed by atoms with Gasteiger partial charge in [0, 0.05) is 16.7 Å². The third kappa shape index (κ3) is 4.51. The summed E-state index contributed by atoms with van der Waals surface area (Å²) in [7, 11) is 2.54. The smallest absolute Gasteiger partial charge is 0.319 e. The van der Waals surface area contributed by atoms with E-state index in [1.165, 1.54) is 10.8 Å². The molecule has 58 valence electrons. The first-order valence-corrected chi connectivity index (χ1v) is 4.88. The molecule has 0 aromatic rings. The maximum Gasteiger partial charge on any atom is 0.319 e. The molecule has 0 unspecified atom stereocenters. The average Bonchev–Trinajstić information content (AvgIpc) is 1.88. The highest BCUT2D eigenvalue weighted by atomic mass is 33.1. The van der Waals surface area contributed by atoms with Crippen LogP contribution in [0.3, 0.4) is 0 Å². The van der Waals surface area contributed by atoms with E-state index in [4.69, 9.17) is 0 Å². The molecule has 0 atom stereocenters. The number of carbonyl (C=O) groups excluding carboxylic acids is 2. The molecule has 6 heteroatoms. The van der Waals surface area contributed by atoms with E-state index in [0.717, 1.165) is 16.7 Å². The lowest BCUT2D eigenvalue weighted by atomic mass is 10.6. The Balaban J connectivity index is 3.31. The van der Waals surface area contributed by atoms with Gasteiger partial charge in [0.25, 0.3) is 0 Å². The van der Waals surface area contributed by atoms with Crippen molar-refractivity contribution in [3.8, 4) is 0 Å². The Morgan fingerprint density at radius 1 is 1.60 bits per heavy atom. The van der Waals surface area contributed by atoms with Gasteiger partial charge < -0.3 is 5.73 Å². The summed E-state index contributed by atoms with van der Waals surface area (Å²) >= 11 is 0. The zero-order chi connectivity index (χ0) is 7.98. The summed E-state index contributed by atoms with van der Waals surface area (Å²) in [5.74, 6) is -0.848. The molecular weight excluding hydrogens is 172 g/mol. The number of hydrogen-bond acceptors (Lipinski definition) is 4. The molecule has 4 nitrogen and oxygen atoms in total. The number of primary amides is 1. The van der Waals surface area contributed by atoms with E-state index in [2.05, 4.69) is 10.5 Å². The van der Waals surface area contributed by atoms with Crippen LogP contribution in [0.5, 0.6) is 0 Å². The topological polar surface area (TPSA) is 72.2 Å². The van der Waals surface area contributed by atoms with E-state index in [0.29, 0.717) is 0 Å². The monoisotopic (exact) mass is 180 g/mol. The second-order valence-electron chi connectivity index (χ2n) is 1.29. The van der Waals surface area contributed by atoms with Crippen LogP contribution in [0.25, 0.3) is 0 Å². The van der Waals surface area contributed by atoms with Crippen molar-refractivity contribution in [2.75, 3.05) is 5.75 Å². The highest BCUT2D eigenvalue weighted by Gasteiger charge is 2.06. The molecule has 0 bridgehead atoms. The predicted octanol–water partition coefficient (Wildman–Crippen LogP) is -0.0958. The van der Waals surface area contributed by atoms with Crippen molar-refractivity contribution in [2.45, 2.75) is 6.92 Å². The summed E-state index contributed by atoms with van der Waals surface area (Å²) in [5, 5.41) is 0. The van der Waals surface area contributed by atoms with E-state index in [-0.39, 0.29) is 0 Å². The largest absolute Gasteiger partial charge is 0.361 e. The summed E-state index contributed by atoms with van der Waals surface area (Å²) in [6.45, 7) is 1.94. The number of nitrogens with one attached hydrogen (secondary N) is 1. The minimum absolute atomic E-state index is 0.758. The number of rotatable bonds is 3. The predicted molar refractivity (Wildman–Crippen MR) is 43.1 cm³/mol. The minimum atomic E-state index is -0.954. The summed E-state index contributed by atoms with van der Waals surface area (Å²) in [4.78, 5) is 20.5. The van der Waals surface area contributed by atoms with Crippen LogP contribution in [0, 0.1) is 0 Å². The zero-order valence-corrected chi connectivity index (χ0v) is 7.05. The average molecular weight is 180 g/mol. The van der Waals surface area contributed by atoms with Crippen LogP contribution >= 0.6 is 21.8 Å². The van der Waals surface area contributed by atoms with Gasteiger partial charge in [-0.1, -0.05) is 17.7 Å². The Bertz CT molecular complexity index is 139. The molecule has 0 aromatic heterocycles. The number of amides is 2. The van der Waals surface area contributed by atoms with Gasteiger partial charge in [-0.2, -0.15) is 0 Å². The lowest BCUT2D eigenvalue weighted by molar-refractivity contribution is -0.136. The van der Waals surface area contributed by atoms with Gasteiger partial charge in [0.15, 0.2) is 0 Å². The lowest BCUT2D eigenvalue weighted by Crippen LogP contribution is -2.31. The molecule has 0 aliphatic carbocycles. The first kappa shape index (κ1) is 9.64. The van der Waals surface area contributed by atoms with Crippen LogP contribution in [0.2, 0.25) is 0 Å². The van der Waals surface area contributed by atoms with Gasteiger partial charge in [0.2, 0.25) is 0 Å². The third-order valence-corrected chi connectivity index (χ3v) is 2.47. The molecule has 0 aliphatic heterocycles. The Kier molecular flexibility index (Phi) is 5.23. The summed E-state index contributed by atoms with van der Waals surface area (Å²) in [5.41, 5.74) is 4.64. The van der Waals surface area contributed by atoms with Gasteiger partial charge in [-0.3, -0.25) is 14.3 Å². The fourth-order valence-corrected chi connectivity index (χ4v) is 1.29. The van der Waals surface area contributed by atoms with E-state index < -0.39 is 11.8 Å². The maximum absolute atomic E-state index is 10.4. The third-order valence-electron chi connectivity index (χ3n) is 0.535. The van der Waals surface area contributed by atoms with Gasteiger partial charge in [0.05, 0.1) is 0 Å². The first-order valence-electron chi connectivity index (χ1n) is 2.56. The molecule has 0 saturated carbocycles. The van der Waals surface area contributed by atoms with Gasteiger partial charge in [-0.15, -0.1) is 0 Å². The molecular formula is C4H8N2O2S2. The molecule has 0 aliphatic rings. The van der Waals surface area contributed by atoms with E-state index in [1.807, 2.05) is 6.92 Å². The number of nitrogens with two attached hydrogens (primary N) is 1. The summed E-state index contributed by atoms with van der Waals surface area (Å²) in [6.07, 6.45) is 0. The first-order chi connectivity index (χ1) is 4.68. The zero-order valence-electron chi connectivity index (χ0n) is 5.42. The van der Waals surface area contributed by atoms with Crippen molar-refractivity contribution in [1.82, 2.24) is 4.72 Å². The molecule has 2 amide bonds. The Labute approximate surface area is 66.8 Å². The van der Waals surface area contributed by atoms with Crippen molar-refractivity contribution in [1.29, 1.82) is 0 Å². The van der Waals surface area contributed by atoms with Crippen LogP contribution in [-0.2, 0) is 9.59 Å². The molecule has 0 aromatic carbocycles. The van der Waals surface area contributed by atoms with Crippen molar-refractivity contribution in [2.24, 2.45) is 5.73 Å². The Hall–Kier alpha value is -0.360. The maximum atomic E-state index is 10.4. The number of carbonyl (C=O) groups is 2. The molecule has 0 saturated heterocycles. The highest BCUT2D eigenvalue weighted by Crippen LogP contribution is 2.14. The number of hydrogen-bond donors (Lipinski definition) is 2. The highest BCUT2D eigenvalue weighted by molar-refractivity contribution is 8.76. The molecule has 0 heterocycles. The van der Waals surface area contributed by atoms with Gasteiger partial charge in [-0.05, 0) is 0 Å². The molecule has 3 N–H and O–H groups in total.